The Morgan fingerprint density at radius 2 is 1.88 bits per heavy atom. The molecule has 6 rings (SSSR count). The van der Waals surface area contributed by atoms with E-state index in [1.165, 1.54) is 11.1 Å². The van der Waals surface area contributed by atoms with Crippen LogP contribution < -0.4 is 20.3 Å². The largest absolute Gasteiger partial charge is 0.382 e. The van der Waals surface area contributed by atoms with Crippen LogP contribution in [0.5, 0.6) is 0 Å². The van der Waals surface area contributed by atoms with E-state index >= 15 is 0 Å². The van der Waals surface area contributed by atoms with Crippen molar-refractivity contribution in [3.8, 4) is 0 Å². The number of aromatic nitrogens is 2. The molecule has 1 aliphatic carbocycles. The Bertz CT molecular complexity index is 1510. The number of rotatable bonds is 4. The maximum atomic E-state index is 13.5. The van der Waals surface area contributed by atoms with Gasteiger partial charge in [-0.15, -0.1) is 0 Å². The average Bonchev–Trinajstić information content (AvgIpc) is 3.24. The molecule has 3 aliphatic rings. The normalized spacial score (nSPS) is 20.5. The molecular formula is C31H37ClN6O2S. The van der Waals surface area contributed by atoms with Crippen molar-refractivity contribution >= 4 is 45.8 Å². The lowest BCUT2D eigenvalue weighted by Crippen LogP contribution is -2.48. The van der Waals surface area contributed by atoms with Crippen molar-refractivity contribution in [1.29, 1.82) is 0 Å². The van der Waals surface area contributed by atoms with Crippen LogP contribution in [0.15, 0.2) is 48.7 Å². The highest BCUT2D eigenvalue weighted by Gasteiger charge is 2.49. The standard InChI is InChI=1S/C31H37ClN6O2S/c1-30(2,3)41(40)36-27-21-9-5-4-8-20(21)18-31(27)13-16-37(17-14-31)25-19-34-26(28(33)35-25)29(39)38-15-7-10-22-23(32)11-6-12-24(22)38/h4-6,8-9,11-12,19,27,36H,7,10,13-18H2,1-3H3,(H2,33,35)/t27?,41-/m1/s1. The summed E-state index contributed by atoms with van der Waals surface area (Å²) >= 11 is 6.41. The first-order valence-electron chi connectivity index (χ1n) is 14.3. The fourth-order valence-electron chi connectivity index (χ4n) is 6.54. The summed E-state index contributed by atoms with van der Waals surface area (Å²) in [5.74, 6) is 0.552. The minimum Gasteiger partial charge on any atom is -0.382 e. The molecule has 0 radical (unpaired) electrons. The molecule has 1 saturated heterocycles. The fourth-order valence-corrected chi connectivity index (χ4v) is 7.75. The minimum atomic E-state index is -1.18. The van der Waals surface area contributed by atoms with Gasteiger partial charge in [-0.2, -0.15) is 0 Å². The van der Waals surface area contributed by atoms with Crippen LogP contribution in [0.3, 0.4) is 0 Å². The predicted molar refractivity (Wildman–Crippen MR) is 166 cm³/mol. The van der Waals surface area contributed by atoms with Crippen LogP contribution in [0.1, 0.15) is 73.3 Å². The highest BCUT2D eigenvalue weighted by atomic mass is 35.5. The Hall–Kier alpha value is -3.01. The van der Waals surface area contributed by atoms with E-state index in [0.717, 1.165) is 56.4 Å². The first kappa shape index (κ1) is 28.1. The lowest BCUT2D eigenvalue weighted by atomic mass is 9.73. The molecule has 3 aromatic rings. The quantitative estimate of drug-likeness (QED) is 0.429. The molecular weight excluding hydrogens is 556 g/mol. The zero-order valence-electron chi connectivity index (χ0n) is 23.8. The smallest absolute Gasteiger partial charge is 0.280 e. The van der Waals surface area contributed by atoms with Crippen LogP contribution in [0.4, 0.5) is 17.3 Å². The van der Waals surface area contributed by atoms with E-state index < -0.39 is 11.0 Å². The number of amides is 1. The maximum absolute atomic E-state index is 13.5. The molecule has 1 unspecified atom stereocenters. The molecule has 3 heterocycles. The number of carbonyl (C=O) groups excluding carboxylic acids is 1. The molecule has 1 spiro atoms. The molecule has 0 bridgehead atoms. The summed E-state index contributed by atoms with van der Waals surface area (Å²) in [7, 11) is -1.18. The van der Waals surface area contributed by atoms with E-state index in [-0.39, 0.29) is 33.6 Å². The van der Waals surface area contributed by atoms with Gasteiger partial charge in [0.1, 0.15) is 5.82 Å². The van der Waals surface area contributed by atoms with Crippen LogP contribution >= 0.6 is 11.6 Å². The summed E-state index contributed by atoms with van der Waals surface area (Å²) in [6.45, 7) is 8.14. The number of halogens is 1. The highest BCUT2D eigenvalue weighted by Crippen LogP contribution is 2.52. The zero-order valence-corrected chi connectivity index (χ0v) is 25.4. The van der Waals surface area contributed by atoms with E-state index in [0.29, 0.717) is 17.4 Å². The summed E-state index contributed by atoms with van der Waals surface area (Å²) < 4.78 is 16.3. The van der Waals surface area contributed by atoms with Crippen molar-refractivity contribution in [2.24, 2.45) is 5.41 Å². The van der Waals surface area contributed by atoms with E-state index in [1.54, 1.807) is 11.1 Å². The second-order valence-corrected chi connectivity index (χ2v) is 14.8. The number of nitrogens with two attached hydrogens (primary N) is 1. The third kappa shape index (κ3) is 5.13. The summed E-state index contributed by atoms with van der Waals surface area (Å²) in [6, 6.07) is 14.2. The van der Waals surface area contributed by atoms with Crippen LogP contribution in [0.2, 0.25) is 5.02 Å². The van der Waals surface area contributed by atoms with Gasteiger partial charge in [-0.25, -0.2) is 18.9 Å². The van der Waals surface area contributed by atoms with Crippen molar-refractivity contribution in [3.63, 3.8) is 0 Å². The van der Waals surface area contributed by atoms with Gasteiger partial charge < -0.3 is 15.5 Å². The van der Waals surface area contributed by atoms with E-state index in [4.69, 9.17) is 17.3 Å². The van der Waals surface area contributed by atoms with Crippen LogP contribution in [0, 0.1) is 5.41 Å². The van der Waals surface area contributed by atoms with Crippen molar-refractivity contribution in [1.82, 2.24) is 14.7 Å². The third-order valence-corrected chi connectivity index (χ3v) is 10.7. The van der Waals surface area contributed by atoms with Crippen LogP contribution in [0.25, 0.3) is 0 Å². The topological polar surface area (TPSA) is 104 Å². The van der Waals surface area contributed by atoms with Gasteiger partial charge in [0, 0.05) is 30.3 Å². The molecule has 216 valence electrons. The summed E-state index contributed by atoms with van der Waals surface area (Å²) in [5.41, 5.74) is 10.9. The average molecular weight is 593 g/mol. The third-order valence-electron chi connectivity index (χ3n) is 8.81. The second-order valence-electron chi connectivity index (χ2n) is 12.4. The number of carbonyl (C=O) groups is 1. The van der Waals surface area contributed by atoms with Gasteiger partial charge in [0.2, 0.25) is 0 Å². The van der Waals surface area contributed by atoms with Gasteiger partial charge in [0.15, 0.2) is 11.5 Å². The van der Waals surface area contributed by atoms with Gasteiger partial charge in [-0.3, -0.25) is 4.79 Å². The molecule has 2 atom stereocenters. The number of benzene rings is 2. The van der Waals surface area contributed by atoms with E-state index in [1.807, 2.05) is 39.0 Å². The Morgan fingerprint density at radius 1 is 1.12 bits per heavy atom. The van der Waals surface area contributed by atoms with Crippen LogP contribution in [-0.2, 0) is 23.8 Å². The molecule has 0 saturated carbocycles. The fraction of sp³-hybridized carbons (Fsp3) is 0.452. The molecule has 2 aromatic carbocycles. The Kier molecular flexibility index (Phi) is 7.32. The lowest BCUT2D eigenvalue weighted by Gasteiger charge is -2.44. The summed E-state index contributed by atoms with van der Waals surface area (Å²) in [5, 5.41) is 0.671. The van der Waals surface area contributed by atoms with Gasteiger partial charge >= 0.3 is 0 Å². The lowest BCUT2D eigenvalue weighted by molar-refractivity contribution is 0.0981. The minimum absolute atomic E-state index is 0.0259. The van der Waals surface area contributed by atoms with E-state index in [2.05, 4.69) is 43.9 Å². The zero-order chi connectivity index (χ0) is 28.9. The van der Waals surface area contributed by atoms with E-state index in [9.17, 15) is 9.00 Å². The monoisotopic (exact) mass is 592 g/mol. The van der Waals surface area contributed by atoms with Crippen molar-refractivity contribution in [2.75, 3.05) is 35.2 Å². The van der Waals surface area contributed by atoms with Crippen LogP contribution in [-0.4, -0.2) is 44.5 Å². The molecule has 41 heavy (non-hydrogen) atoms. The van der Waals surface area contributed by atoms with Gasteiger partial charge in [0.25, 0.3) is 5.91 Å². The molecule has 2 aliphatic heterocycles. The summed E-state index contributed by atoms with van der Waals surface area (Å²) in [6.07, 6.45) is 6.11. The molecule has 1 fully saturated rings. The predicted octanol–water partition coefficient (Wildman–Crippen LogP) is 5.24. The first-order chi connectivity index (χ1) is 19.6. The number of anilines is 3. The van der Waals surface area contributed by atoms with Crippen molar-refractivity contribution in [3.05, 3.63) is 76.1 Å². The SMILES string of the molecule is CC(C)(C)[S@@](=O)NC1c2ccccc2CC12CCN(c1cnc(C(=O)N3CCCc4c(Cl)cccc43)c(N)n1)CC2. The molecule has 8 nitrogen and oxygen atoms in total. The second kappa shape index (κ2) is 10.7. The number of nitrogens with zero attached hydrogens (tertiary/aromatic N) is 4. The Balaban J connectivity index is 1.19. The van der Waals surface area contributed by atoms with Crippen molar-refractivity contribution in [2.45, 2.75) is 63.7 Å². The maximum Gasteiger partial charge on any atom is 0.280 e. The molecule has 3 N–H and O–H groups in total. The number of nitrogen functional groups attached to an aromatic ring is 1. The molecule has 1 amide bonds. The Morgan fingerprint density at radius 3 is 2.61 bits per heavy atom. The number of fused-ring (bicyclic) bond motifs is 2. The van der Waals surface area contributed by atoms with Gasteiger partial charge in [-0.05, 0) is 87.1 Å². The number of piperidine rings is 1. The first-order valence-corrected chi connectivity index (χ1v) is 15.8. The van der Waals surface area contributed by atoms with Crippen molar-refractivity contribution < 1.29 is 9.00 Å². The van der Waals surface area contributed by atoms with Gasteiger partial charge in [0.05, 0.1) is 28.0 Å². The molecule has 1 aromatic heterocycles. The number of hydrogen-bond acceptors (Lipinski definition) is 6. The molecule has 10 heteroatoms. The summed E-state index contributed by atoms with van der Waals surface area (Å²) in [4.78, 5) is 26.6. The highest BCUT2D eigenvalue weighted by molar-refractivity contribution is 7.84. The number of nitrogens with one attached hydrogen (secondary N) is 1. The Labute approximate surface area is 249 Å². The number of hydrogen-bond donors (Lipinski definition) is 2. The van der Waals surface area contributed by atoms with Gasteiger partial charge in [-0.1, -0.05) is 41.9 Å².